The summed E-state index contributed by atoms with van der Waals surface area (Å²) in [6, 6.07) is 62.1. The molecule has 0 atom stereocenters. The van der Waals surface area contributed by atoms with E-state index in [0.29, 0.717) is 19.3 Å². The third kappa shape index (κ3) is 6.21. The number of hydrogen-bond donors (Lipinski definition) is 8. The average Bonchev–Trinajstić information content (AvgIpc) is 1.64. The standard InChI is InChI=1S/C79H44N14/c1-3-36-9-15-58-66-52-32-46-29-47-33-53-67-59-16-10-37-4-2-35-8-14-55(89-71(35)73(37)91-59)63-49-20-22-81-61(49)26-41-24-43(83-69(41)63)28-45-31-51(77(67)85-45)65(79(53)87-47)57-18-12-39-6-5-38-11-17-56(92-74(38)75(39)93-57)64(78(52)86-46)50-30-44(84-76(50)66)27-42-23-40-25-60-48(19-21-80-60)62(68(40)82-42)54-13-7-34(1)70(88-54)72(36)90-58/h1-26,30-33,80-87H,27-29H2. The quantitative estimate of drug-likeness (QED) is 0.0694. The molecule has 0 spiro atoms. The van der Waals surface area contributed by atoms with Crippen molar-refractivity contribution in [2.75, 3.05) is 0 Å². The van der Waals surface area contributed by atoms with Crippen LogP contribution in [0.5, 0.6) is 0 Å². The Morgan fingerprint density at radius 2 is 0.452 bits per heavy atom. The molecule has 14 nitrogen and oxygen atoms in total. The Bertz CT molecular complexity index is 6680. The van der Waals surface area contributed by atoms with Gasteiger partial charge in [0.25, 0.3) is 0 Å². The summed E-state index contributed by atoms with van der Waals surface area (Å²) >= 11 is 0. The summed E-state index contributed by atoms with van der Waals surface area (Å²) in [5, 5.41) is 14.8. The highest BCUT2D eigenvalue weighted by molar-refractivity contribution is 6.23. The number of benzene rings is 7. The first kappa shape index (κ1) is 47.3. The molecule has 0 aliphatic carbocycles. The fourth-order valence-electron chi connectivity index (χ4n) is 16.8. The van der Waals surface area contributed by atoms with Crippen LogP contribution in [0.25, 0.3) is 220 Å². The van der Waals surface area contributed by atoms with Crippen molar-refractivity contribution in [3.05, 3.63) is 216 Å². The number of nitrogens with one attached hydrogen (secondary N) is 8. The number of pyridine rings is 6. The molecule has 0 saturated carbocycles. The molecule has 17 heterocycles. The maximum absolute atomic E-state index is 5.80. The lowest BCUT2D eigenvalue weighted by molar-refractivity contribution is 1.07. The highest BCUT2D eigenvalue weighted by atomic mass is 14.9. The molecule has 0 unspecified atom stereocenters. The van der Waals surface area contributed by atoms with Crippen molar-refractivity contribution >= 4 is 153 Å². The molecule has 0 amide bonds. The van der Waals surface area contributed by atoms with Gasteiger partial charge >= 0.3 is 0 Å². The Labute approximate surface area is 522 Å². The summed E-state index contributed by atoms with van der Waals surface area (Å²) in [6.45, 7) is 0. The number of H-pyrrole nitrogens is 8. The van der Waals surface area contributed by atoms with Crippen molar-refractivity contribution in [3.8, 4) is 67.5 Å². The molecule has 14 aromatic heterocycles. The lowest BCUT2D eigenvalue weighted by Crippen LogP contribution is -1.95. The van der Waals surface area contributed by atoms with Gasteiger partial charge in [0.1, 0.15) is 0 Å². The van der Waals surface area contributed by atoms with Gasteiger partial charge in [0.2, 0.25) is 0 Å². The first-order valence-corrected chi connectivity index (χ1v) is 31.7. The number of aromatic nitrogens is 14. The van der Waals surface area contributed by atoms with Crippen LogP contribution in [0.1, 0.15) is 34.2 Å². The van der Waals surface area contributed by atoms with Crippen LogP contribution < -0.4 is 0 Å². The molecule has 3 aliphatic heterocycles. The third-order valence-electron chi connectivity index (χ3n) is 20.8. The number of rotatable bonds is 0. The van der Waals surface area contributed by atoms with Crippen LogP contribution in [0.4, 0.5) is 0 Å². The van der Waals surface area contributed by atoms with Gasteiger partial charge in [-0.3, -0.25) is 0 Å². The third-order valence-corrected chi connectivity index (χ3v) is 20.8. The van der Waals surface area contributed by atoms with Gasteiger partial charge in [0.15, 0.2) is 0 Å². The monoisotopic (exact) mass is 1190 g/mol. The summed E-state index contributed by atoms with van der Waals surface area (Å²) in [5.41, 5.74) is 31.0. The second-order valence-corrected chi connectivity index (χ2v) is 26.1. The van der Waals surface area contributed by atoms with Gasteiger partial charge in [-0.05, 0) is 97.1 Å². The van der Waals surface area contributed by atoms with Gasteiger partial charge in [0, 0.05) is 186 Å². The van der Waals surface area contributed by atoms with E-state index in [1.807, 2.05) is 12.4 Å². The molecule has 0 saturated heterocycles. The fraction of sp³-hybridized carbons (Fsp3) is 0.0380. The molecule has 8 N–H and O–H groups in total. The number of fused-ring (bicyclic) bond motifs is 26. The molecule has 430 valence electrons. The molecule has 24 rings (SSSR count). The van der Waals surface area contributed by atoms with Crippen molar-refractivity contribution in [1.29, 1.82) is 0 Å². The zero-order chi connectivity index (χ0) is 59.8. The molecule has 7 aromatic carbocycles. The molecule has 21 aromatic rings. The van der Waals surface area contributed by atoms with Crippen LogP contribution in [0.2, 0.25) is 0 Å². The van der Waals surface area contributed by atoms with E-state index < -0.39 is 0 Å². The molecule has 3 aliphatic rings. The van der Waals surface area contributed by atoms with Gasteiger partial charge in [-0.2, -0.15) is 0 Å². The zero-order valence-corrected chi connectivity index (χ0v) is 49.1. The molecule has 0 radical (unpaired) electrons. The largest absolute Gasteiger partial charge is 0.361 e. The predicted octanol–water partition coefficient (Wildman–Crippen LogP) is 18.5. The van der Waals surface area contributed by atoms with E-state index in [-0.39, 0.29) is 0 Å². The molecule has 93 heavy (non-hydrogen) atoms. The lowest BCUT2D eigenvalue weighted by Gasteiger charge is -2.14. The Balaban J connectivity index is 0.797. The summed E-state index contributed by atoms with van der Waals surface area (Å²) < 4.78 is 0. The van der Waals surface area contributed by atoms with Gasteiger partial charge in [-0.15, -0.1) is 0 Å². The SMILES string of the molecule is c1cc2c3c4[nH]c(cc4cc2[nH]1)Cc1cc2c4c5[nH]c(cc5c(c2[nH]1)-c1ccc2ccc5ccc-3nc5c2n1)Cc1cc2c3c5[nH]c(cc5c(c2[nH]1)-c1ccc2ccc5ccc-4nc5c2n1)Cc1cc2cc4[nH]ccc4c(c2[nH]1)-c1ccc2ccc4ccc-3nc4c2n1. The van der Waals surface area contributed by atoms with Gasteiger partial charge in [-0.25, -0.2) is 29.9 Å². The second-order valence-electron chi connectivity index (χ2n) is 26.1. The predicted molar refractivity (Wildman–Crippen MR) is 374 cm³/mol. The van der Waals surface area contributed by atoms with Crippen molar-refractivity contribution < 1.29 is 0 Å². The van der Waals surface area contributed by atoms with Crippen LogP contribution in [0.3, 0.4) is 0 Å². The normalized spacial score (nSPS) is 13.5. The highest BCUT2D eigenvalue weighted by Gasteiger charge is 2.29. The van der Waals surface area contributed by atoms with Crippen molar-refractivity contribution in [2.24, 2.45) is 0 Å². The van der Waals surface area contributed by atoms with E-state index in [1.165, 1.54) is 0 Å². The summed E-state index contributed by atoms with van der Waals surface area (Å²) in [6.07, 6.45) is 5.84. The van der Waals surface area contributed by atoms with Gasteiger partial charge in [-0.1, -0.05) is 72.8 Å². The Kier molecular flexibility index (Phi) is 8.34. The molecule has 0 fully saturated rings. The minimum absolute atomic E-state index is 0.552. The first-order chi connectivity index (χ1) is 45.9. The number of aromatic amines is 8. The van der Waals surface area contributed by atoms with Crippen molar-refractivity contribution in [2.45, 2.75) is 19.3 Å². The maximum Gasteiger partial charge on any atom is 0.0972 e. The molecular weight excluding hydrogens is 1140 g/mol. The van der Waals surface area contributed by atoms with E-state index in [9.17, 15) is 0 Å². The van der Waals surface area contributed by atoms with Crippen LogP contribution in [-0.4, -0.2) is 69.8 Å². The maximum atomic E-state index is 5.80. The number of hydrogen-bond acceptors (Lipinski definition) is 6. The topological polar surface area (TPSA) is 204 Å². The summed E-state index contributed by atoms with van der Waals surface area (Å²) in [5.74, 6) is 0. The second kappa shape index (κ2) is 16.4. The Morgan fingerprint density at radius 3 is 0.731 bits per heavy atom. The average molecular weight is 1190 g/mol. The number of nitrogens with zero attached hydrogens (tertiary/aromatic N) is 6. The highest BCUT2D eigenvalue weighted by Crippen LogP contribution is 2.49. The van der Waals surface area contributed by atoms with Gasteiger partial charge < -0.3 is 39.9 Å². The van der Waals surface area contributed by atoms with Crippen LogP contribution >= 0.6 is 0 Å². The molecule has 14 heteroatoms. The Morgan fingerprint density at radius 1 is 0.215 bits per heavy atom. The van der Waals surface area contributed by atoms with Crippen LogP contribution in [-0.2, 0) is 19.3 Å². The van der Waals surface area contributed by atoms with E-state index in [1.54, 1.807) is 0 Å². The van der Waals surface area contributed by atoms with E-state index in [4.69, 9.17) is 29.9 Å². The van der Waals surface area contributed by atoms with Crippen molar-refractivity contribution in [1.82, 2.24) is 69.8 Å². The lowest BCUT2D eigenvalue weighted by atomic mass is 9.94. The van der Waals surface area contributed by atoms with E-state index in [0.717, 1.165) is 254 Å². The van der Waals surface area contributed by atoms with E-state index in [2.05, 4.69) is 210 Å². The minimum Gasteiger partial charge on any atom is -0.361 e. The van der Waals surface area contributed by atoms with Crippen molar-refractivity contribution in [3.63, 3.8) is 0 Å². The Hall–Kier alpha value is -12.7. The van der Waals surface area contributed by atoms with Crippen LogP contribution in [0.15, 0.2) is 182 Å². The molecule has 24 bridgehead atoms. The zero-order valence-electron chi connectivity index (χ0n) is 49.1. The van der Waals surface area contributed by atoms with Crippen LogP contribution in [0, 0.1) is 0 Å². The molecular formula is C79H44N14. The van der Waals surface area contributed by atoms with Gasteiger partial charge in [0.05, 0.1) is 100 Å². The van der Waals surface area contributed by atoms with E-state index >= 15 is 0 Å². The fourth-order valence-corrected chi connectivity index (χ4v) is 16.8. The summed E-state index contributed by atoms with van der Waals surface area (Å²) in [4.78, 5) is 65.4. The smallest absolute Gasteiger partial charge is 0.0972 e. The summed E-state index contributed by atoms with van der Waals surface area (Å²) in [7, 11) is 0. The minimum atomic E-state index is 0.552. The first-order valence-electron chi connectivity index (χ1n) is 31.7.